The van der Waals surface area contributed by atoms with E-state index in [2.05, 4.69) is 15.6 Å². The minimum absolute atomic E-state index is 0. The molecule has 0 aliphatic carbocycles. The summed E-state index contributed by atoms with van der Waals surface area (Å²) < 4.78 is 0. The Labute approximate surface area is 134 Å². The van der Waals surface area contributed by atoms with Crippen LogP contribution in [-0.4, -0.2) is 24.0 Å². The van der Waals surface area contributed by atoms with Crippen LogP contribution in [0.3, 0.4) is 0 Å². The van der Waals surface area contributed by atoms with Gasteiger partial charge in [-0.05, 0) is 44.2 Å². The molecular formula is C15H18ClN3OS. The van der Waals surface area contributed by atoms with Crippen LogP contribution < -0.4 is 10.6 Å². The van der Waals surface area contributed by atoms with E-state index in [9.17, 15) is 4.79 Å². The highest BCUT2D eigenvalue weighted by Gasteiger charge is 2.36. The van der Waals surface area contributed by atoms with E-state index in [4.69, 9.17) is 0 Å². The lowest BCUT2D eigenvalue weighted by atomic mass is 9.89. The van der Waals surface area contributed by atoms with Gasteiger partial charge in [0.05, 0.1) is 5.41 Å². The van der Waals surface area contributed by atoms with Gasteiger partial charge in [-0.3, -0.25) is 4.79 Å². The lowest BCUT2D eigenvalue weighted by molar-refractivity contribution is -0.123. The number of rotatable bonds is 3. The highest BCUT2D eigenvalue weighted by molar-refractivity contribution is 7.13. The molecule has 1 aliphatic heterocycles. The number of aromatic nitrogens is 1. The number of nitrogens with one attached hydrogen (secondary N) is 2. The summed E-state index contributed by atoms with van der Waals surface area (Å²) in [4.78, 5) is 16.6. The summed E-state index contributed by atoms with van der Waals surface area (Å²) in [5, 5.41) is 9.19. The average molecular weight is 324 g/mol. The lowest BCUT2D eigenvalue weighted by Crippen LogP contribution is -2.35. The number of carbonyl (C=O) groups excluding carboxylic acids is 1. The molecule has 2 heterocycles. The number of halogens is 1. The minimum atomic E-state index is -0.298. The van der Waals surface area contributed by atoms with E-state index in [0.717, 1.165) is 35.8 Å². The highest BCUT2D eigenvalue weighted by atomic mass is 35.5. The van der Waals surface area contributed by atoms with Gasteiger partial charge in [-0.2, -0.15) is 0 Å². The topological polar surface area (TPSA) is 54.0 Å². The maximum absolute atomic E-state index is 12.3. The molecular weight excluding hydrogens is 306 g/mol. The van der Waals surface area contributed by atoms with Crippen molar-refractivity contribution in [1.82, 2.24) is 10.3 Å². The van der Waals surface area contributed by atoms with Gasteiger partial charge in [0.15, 0.2) is 0 Å². The van der Waals surface area contributed by atoms with Gasteiger partial charge >= 0.3 is 0 Å². The third-order valence-electron chi connectivity index (χ3n) is 3.74. The first-order chi connectivity index (χ1) is 9.67. The summed E-state index contributed by atoms with van der Waals surface area (Å²) in [6, 6.07) is 7.84. The fourth-order valence-corrected chi connectivity index (χ4v) is 3.00. The van der Waals surface area contributed by atoms with Gasteiger partial charge in [0, 0.05) is 29.4 Å². The second-order valence-corrected chi connectivity index (χ2v) is 6.25. The van der Waals surface area contributed by atoms with Crippen LogP contribution in [0.4, 0.5) is 5.69 Å². The van der Waals surface area contributed by atoms with Crippen LogP contribution in [0, 0.1) is 5.41 Å². The standard InChI is InChI=1S/C15H17N3OS.ClH/c1-15(6-7-16-10-15)14(19)18-12-4-2-11(3-5-12)13-17-8-9-20-13;/h2-5,8-9,16H,6-7,10H2,1H3,(H,18,19);1H. The molecule has 0 spiro atoms. The van der Waals surface area contributed by atoms with Crippen molar-refractivity contribution < 1.29 is 4.79 Å². The van der Waals surface area contributed by atoms with Crippen LogP contribution >= 0.6 is 23.7 Å². The molecule has 1 aliphatic rings. The van der Waals surface area contributed by atoms with Crippen molar-refractivity contribution in [3.63, 3.8) is 0 Å². The highest BCUT2D eigenvalue weighted by Crippen LogP contribution is 2.27. The van der Waals surface area contributed by atoms with Gasteiger partial charge < -0.3 is 10.6 Å². The van der Waals surface area contributed by atoms with Gasteiger partial charge in [0.2, 0.25) is 5.91 Å². The smallest absolute Gasteiger partial charge is 0.231 e. The molecule has 4 nitrogen and oxygen atoms in total. The number of thiazole rings is 1. The summed E-state index contributed by atoms with van der Waals surface area (Å²) in [5.74, 6) is 0.0875. The summed E-state index contributed by atoms with van der Waals surface area (Å²) in [6.07, 6.45) is 2.68. The van der Waals surface area contributed by atoms with Crippen molar-refractivity contribution in [2.24, 2.45) is 5.41 Å². The first kappa shape index (κ1) is 15.9. The van der Waals surface area contributed by atoms with E-state index in [1.54, 1.807) is 17.5 Å². The van der Waals surface area contributed by atoms with Gasteiger partial charge in [-0.25, -0.2) is 4.98 Å². The third kappa shape index (κ3) is 3.43. The van der Waals surface area contributed by atoms with Crippen LogP contribution in [-0.2, 0) is 4.79 Å². The first-order valence-corrected chi connectivity index (χ1v) is 7.57. The molecule has 0 radical (unpaired) electrons. The molecule has 1 aromatic heterocycles. The Morgan fingerprint density at radius 3 is 2.71 bits per heavy atom. The summed E-state index contributed by atoms with van der Waals surface area (Å²) in [7, 11) is 0. The van der Waals surface area contributed by atoms with Crippen molar-refractivity contribution in [2.45, 2.75) is 13.3 Å². The second-order valence-electron chi connectivity index (χ2n) is 5.36. The predicted octanol–water partition coefficient (Wildman–Crippen LogP) is 3.17. The van der Waals surface area contributed by atoms with Crippen LogP contribution in [0.25, 0.3) is 10.6 Å². The lowest BCUT2D eigenvalue weighted by Gasteiger charge is -2.21. The van der Waals surface area contributed by atoms with E-state index in [-0.39, 0.29) is 23.7 Å². The molecule has 1 amide bonds. The molecule has 0 saturated carbocycles. The quantitative estimate of drug-likeness (QED) is 0.912. The molecule has 2 N–H and O–H groups in total. The Kier molecular flexibility index (Phi) is 4.98. The van der Waals surface area contributed by atoms with Crippen molar-refractivity contribution >= 4 is 35.3 Å². The largest absolute Gasteiger partial charge is 0.326 e. The molecule has 1 saturated heterocycles. The SMILES string of the molecule is CC1(C(=O)Nc2ccc(-c3nccs3)cc2)CCNC1.Cl. The Bertz CT molecular complexity index is 592. The minimum Gasteiger partial charge on any atom is -0.326 e. The fourth-order valence-electron chi connectivity index (χ4n) is 2.35. The molecule has 0 bridgehead atoms. The van der Waals surface area contributed by atoms with E-state index in [1.807, 2.05) is 36.6 Å². The molecule has 1 aromatic carbocycles. The molecule has 1 atom stereocenters. The normalized spacial score (nSPS) is 20.8. The molecule has 112 valence electrons. The summed E-state index contributed by atoms with van der Waals surface area (Å²) in [6.45, 7) is 3.66. The van der Waals surface area contributed by atoms with E-state index < -0.39 is 0 Å². The van der Waals surface area contributed by atoms with E-state index in [1.165, 1.54) is 0 Å². The molecule has 6 heteroatoms. The average Bonchev–Trinajstić information content (AvgIpc) is 3.11. The number of nitrogens with zero attached hydrogens (tertiary/aromatic N) is 1. The Hall–Kier alpha value is -1.43. The van der Waals surface area contributed by atoms with Gasteiger partial charge in [0.1, 0.15) is 5.01 Å². The number of anilines is 1. The zero-order valence-corrected chi connectivity index (χ0v) is 13.4. The van der Waals surface area contributed by atoms with Crippen LogP contribution in [0.2, 0.25) is 0 Å². The maximum atomic E-state index is 12.3. The van der Waals surface area contributed by atoms with E-state index >= 15 is 0 Å². The molecule has 1 fully saturated rings. The molecule has 1 unspecified atom stereocenters. The van der Waals surface area contributed by atoms with Crippen LogP contribution in [0.5, 0.6) is 0 Å². The molecule has 2 aromatic rings. The molecule has 21 heavy (non-hydrogen) atoms. The maximum Gasteiger partial charge on any atom is 0.231 e. The third-order valence-corrected chi connectivity index (χ3v) is 4.56. The number of carbonyl (C=O) groups is 1. The fraction of sp³-hybridized carbons (Fsp3) is 0.333. The summed E-state index contributed by atoms with van der Waals surface area (Å²) in [5.41, 5.74) is 1.61. The Balaban J connectivity index is 0.00000161. The van der Waals surface area contributed by atoms with Crippen molar-refractivity contribution in [2.75, 3.05) is 18.4 Å². The zero-order valence-electron chi connectivity index (χ0n) is 11.8. The van der Waals surface area contributed by atoms with Crippen molar-refractivity contribution in [3.05, 3.63) is 35.8 Å². The molecule has 3 rings (SSSR count). The van der Waals surface area contributed by atoms with Crippen LogP contribution in [0.15, 0.2) is 35.8 Å². The monoisotopic (exact) mass is 323 g/mol. The van der Waals surface area contributed by atoms with E-state index in [0.29, 0.717) is 0 Å². The Morgan fingerprint density at radius 1 is 1.38 bits per heavy atom. The van der Waals surface area contributed by atoms with Crippen molar-refractivity contribution in [1.29, 1.82) is 0 Å². The first-order valence-electron chi connectivity index (χ1n) is 6.69. The number of benzene rings is 1. The summed E-state index contributed by atoms with van der Waals surface area (Å²) >= 11 is 1.61. The predicted molar refractivity (Wildman–Crippen MR) is 89.0 cm³/mol. The number of hydrogen-bond donors (Lipinski definition) is 2. The van der Waals surface area contributed by atoms with Crippen LogP contribution in [0.1, 0.15) is 13.3 Å². The van der Waals surface area contributed by atoms with Gasteiger partial charge in [0.25, 0.3) is 0 Å². The second kappa shape index (κ2) is 6.56. The zero-order chi connectivity index (χ0) is 14.0. The van der Waals surface area contributed by atoms with Gasteiger partial charge in [-0.15, -0.1) is 23.7 Å². The van der Waals surface area contributed by atoms with Gasteiger partial charge in [-0.1, -0.05) is 0 Å². The number of hydrogen-bond acceptors (Lipinski definition) is 4. The number of amides is 1. The van der Waals surface area contributed by atoms with Crippen molar-refractivity contribution in [3.8, 4) is 10.6 Å². The Morgan fingerprint density at radius 2 is 2.14 bits per heavy atom.